The van der Waals surface area contributed by atoms with Crippen LogP contribution in [0.15, 0.2) is 30.6 Å². The lowest BCUT2D eigenvalue weighted by Gasteiger charge is -2.06. The van der Waals surface area contributed by atoms with Crippen molar-refractivity contribution in [3.8, 4) is 0 Å². The molecule has 2 aromatic heterocycles. The average Bonchev–Trinajstić information content (AvgIpc) is 2.17. The highest BCUT2D eigenvalue weighted by Crippen LogP contribution is 2.20. The van der Waals surface area contributed by atoms with Gasteiger partial charge in [0.05, 0.1) is 11.2 Å². The fraction of sp³-hybridized carbons (Fsp3) is 0.273. The first-order valence-corrected chi connectivity index (χ1v) is 4.48. The monoisotopic (exact) mass is 172 g/mol. The fourth-order valence-electron chi connectivity index (χ4n) is 1.48. The van der Waals surface area contributed by atoms with Crippen LogP contribution in [0.25, 0.3) is 10.9 Å². The summed E-state index contributed by atoms with van der Waals surface area (Å²) >= 11 is 0. The summed E-state index contributed by atoms with van der Waals surface area (Å²) in [6.45, 7) is 4.30. The number of fused-ring (bicyclic) bond motifs is 1. The van der Waals surface area contributed by atoms with Gasteiger partial charge in [0.2, 0.25) is 0 Å². The van der Waals surface area contributed by atoms with Crippen molar-refractivity contribution in [1.82, 2.24) is 9.97 Å². The molecule has 2 nitrogen and oxygen atoms in total. The first kappa shape index (κ1) is 8.17. The van der Waals surface area contributed by atoms with Gasteiger partial charge in [-0.05, 0) is 24.1 Å². The summed E-state index contributed by atoms with van der Waals surface area (Å²) in [7, 11) is 0. The van der Waals surface area contributed by atoms with Crippen molar-refractivity contribution in [3.05, 3.63) is 36.3 Å². The minimum atomic E-state index is 0.452. The zero-order valence-corrected chi connectivity index (χ0v) is 7.86. The van der Waals surface area contributed by atoms with E-state index in [0.717, 1.165) is 11.2 Å². The van der Waals surface area contributed by atoms with Crippen LogP contribution in [0, 0.1) is 0 Å². The molecule has 0 unspecified atom stereocenters. The Labute approximate surface area is 77.6 Å². The molecule has 66 valence electrons. The Balaban J connectivity index is 2.76. The Morgan fingerprint density at radius 1 is 1.08 bits per heavy atom. The average molecular weight is 172 g/mol. The number of rotatable bonds is 1. The first-order valence-electron chi connectivity index (χ1n) is 4.48. The molecule has 0 amide bonds. The van der Waals surface area contributed by atoms with Gasteiger partial charge < -0.3 is 0 Å². The maximum Gasteiger partial charge on any atom is 0.0735 e. The van der Waals surface area contributed by atoms with Gasteiger partial charge in [-0.15, -0.1) is 0 Å². The van der Waals surface area contributed by atoms with E-state index in [4.69, 9.17) is 0 Å². The van der Waals surface area contributed by atoms with E-state index in [-0.39, 0.29) is 0 Å². The predicted octanol–water partition coefficient (Wildman–Crippen LogP) is 2.75. The van der Waals surface area contributed by atoms with Gasteiger partial charge in [-0.25, -0.2) is 0 Å². The van der Waals surface area contributed by atoms with Crippen LogP contribution in [0.4, 0.5) is 0 Å². The topological polar surface area (TPSA) is 25.8 Å². The van der Waals surface area contributed by atoms with E-state index in [9.17, 15) is 0 Å². The van der Waals surface area contributed by atoms with Crippen LogP contribution in [-0.2, 0) is 0 Å². The van der Waals surface area contributed by atoms with Gasteiger partial charge >= 0.3 is 0 Å². The third-order valence-electron chi connectivity index (χ3n) is 2.11. The van der Waals surface area contributed by atoms with Gasteiger partial charge in [-0.2, -0.15) is 0 Å². The van der Waals surface area contributed by atoms with E-state index < -0.39 is 0 Å². The third kappa shape index (κ3) is 1.39. The van der Waals surface area contributed by atoms with E-state index in [0.29, 0.717) is 5.92 Å². The van der Waals surface area contributed by atoms with Crippen molar-refractivity contribution in [2.75, 3.05) is 0 Å². The van der Waals surface area contributed by atoms with Crippen molar-refractivity contribution in [2.24, 2.45) is 0 Å². The minimum absolute atomic E-state index is 0.452. The van der Waals surface area contributed by atoms with Gasteiger partial charge in [0.15, 0.2) is 0 Å². The molecule has 2 rings (SSSR count). The van der Waals surface area contributed by atoms with Crippen molar-refractivity contribution in [3.63, 3.8) is 0 Å². The summed E-state index contributed by atoms with van der Waals surface area (Å²) in [4.78, 5) is 8.65. The third-order valence-corrected chi connectivity index (χ3v) is 2.11. The number of hydrogen-bond acceptors (Lipinski definition) is 2. The van der Waals surface area contributed by atoms with E-state index in [1.54, 1.807) is 0 Å². The minimum Gasteiger partial charge on any atom is -0.260 e. The van der Waals surface area contributed by atoms with Crippen LogP contribution < -0.4 is 0 Å². The second-order valence-electron chi connectivity index (χ2n) is 3.42. The molecule has 0 bridgehead atoms. The van der Waals surface area contributed by atoms with Crippen LogP contribution in [-0.4, -0.2) is 9.97 Å². The lowest BCUT2D eigenvalue weighted by molar-refractivity contribution is 0.834. The van der Waals surface area contributed by atoms with Crippen LogP contribution in [0.1, 0.15) is 25.5 Å². The summed E-state index contributed by atoms with van der Waals surface area (Å²) in [5.74, 6) is 0.452. The molecule has 0 fully saturated rings. The van der Waals surface area contributed by atoms with Crippen LogP contribution in [0.5, 0.6) is 0 Å². The molecule has 2 heteroatoms. The Kier molecular flexibility index (Phi) is 1.97. The van der Waals surface area contributed by atoms with E-state index in [2.05, 4.69) is 29.9 Å². The lowest BCUT2D eigenvalue weighted by Crippen LogP contribution is -1.94. The Morgan fingerprint density at radius 3 is 2.69 bits per heavy atom. The molecule has 0 aliphatic rings. The molecule has 0 atom stereocenters. The molecular weight excluding hydrogens is 160 g/mol. The normalized spacial score (nSPS) is 11.0. The molecule has 0 aliphatic carbocycles. The summed E-state index contributed by atoms with van der Waals surface area (Å²) < 4.78 is 0. The van der Waals surface area contributed by atoms with Crippen molar-refractivity contribution in [1.29, 1.82) is 0 Å². The molecule has 2 aromatic rings. The molecule has 0 aliphatic heterocycles. The molecule has 0 radical (unpaired) electrons. The Morgan fingerprint density at radius 2 is 1.92 bits per heavy atom. The van der Waals surface area contributed by atoms with Crippen LogP contribution in [0.2, 0.25) is 0 Å². The van der Waals surface area contributed by atoms with Gasteiger partial charge in [-0.1, -0.05) is 13.8 Å². The van der Waals surface area contributed by atoms with Gasteiger partial charge in [0.1, 0.15) is 0 Å². The Hall–Kier alpha value is -1.44. The van der Waals surface area contributed by atoms with E-state index >= 15 is 0 Å². The highest BCUT2D eigenvalue weighted by atomic mass is 14.7. The van der Waals surface area contributed by atoms with Crippen molar-refractivity contribution in [2.45, 2.75) is 19.8 Å². The maximum atomic E-state index is 4.37. The summed E-state index contributed by atoms with van der Waals surface area (Å²) in [5.41, 5.74) is 2.16. The molecule has 0 saturated carbocycles. The zero-order valence-electron chi connectivity index (χ0n) is 7.86. The van der Waals surface area contributed by atoms with Crippen LogP contribution in [0.3, 0.4) is 0 Å². The molecule has 0 aromatic carbocycles. The van der Waals surface area contributed by atoms with E-state index in [1.807, 2.05) is 24.5 Å². The van der Waals surface area contributed by atoms with Crippen molar-refractivity contribution < 1.29 is 0 Å². The number of hydrogen-bond donors (Lipinski definition) is 0. The van der Waals surface area contributed by atoms with E-state index in [1.165, 1.54) is 5.39 Å². The lowest BCUT2D eigenvalue weighted by atomic mass is 10.1. The first-order chi connectivity index (χ1) is 6.29. The van der Waals surface area contributed by atoms with Crippen LogP contribution >= 0.6 is 0 Å². The largest absolute Gasteiger partial charge is 0.260 e. The summed E-state index contributed by atoms with van der Waals surface area (Å²) in [6.07, 6.45) is 3.64. The smallest absolute Gasteiger partial charge is 0.0735 e. The quantitative estimate of drug-likeness (QED) is 0.661. The number of nitrogens with zero attached hydrogens (tertiary/aromatic N) is 2. The molecule has 0 spiro atoms. The maximum absolute atomic E-state index is 4.37. The second kappa shape index (κ2) is 3.13. The highest BCUT2D eigenvalue weighted by molar-refractivity contribution is 5.80. The predicted molar refractivity (Wildman–Crippen MR) is 53.6 cm³/mol. The fourth-order valence-corrected chi connectivity index (χ4v) is 1.48. The van der Waals surface area contributed by atoms with Gasteiger partial charge in [0.25, 0.3) is 0 Å². The molecule has 2 heterocycles. The molecule has 0 saturated heterocycles. The second-order valence-corrected chi connectivity index (χ2v) is 3.42. The molecular formula is C11H12N2. The standard InChI is InChI=1S/C11H12N2/c1-8(2)11-9-4-3-6-12-10(9)5-7-13-11/h3-8H,1-2H3. The van der Waals surface area contributed by atoms with Gasteiger partial charge in [0, 0.05) is 17.8 Å². The molecule has 0 N–H and O–H groups in total. The number of pyridine rings is 2. The summed E-state index contributed by atoms with van der Waals surface area (Å²) in [5, 5.41) is 1.17. The Bertz CT molecular complexity index is 416. The van der Waals surface area contributed by atoms with Crippen molar-refractivity contribution >= 4 is 10.9 Å². The zero-order chi connectivity index (χ0) is 9.26. The SMILES string of the molecule is CC(C)c1nccc2ncccc12. The van der Waals surface area contributed by atoms with Gasteiger partial charge in [-0.3, -0.25) is 9.97 Å². The highest BCUT2D eigenvalue weighted by Gasteiger charge is 2.05. The number of aromatic nitrogens is 2. The summed E-state index contributed by atoms with van der Waals surface area (Å²) in [6, 6.07) is 5.97. The molecule has 13 heavy (non-hydrogen) atoms.